The van der Waals surface area contributed by atoms with Gasteiger partial charge in [0.15, 0.2) is 5.67 Å². The maximum absolute atomic E-state index is 17.3. The molecule has 1 aromatic heterocycles. The monoisotopic (exact) mass is 510 g/mol. The van der Waals surface area contributed by atoms with Crippen LogP contribution in [0.1, 0.15) is 57.4 Å². The highest BCUT2D eigenvalue weighted by molar-refractivity contribution is 5.95. The highest BCUT2D eigenvalue weighted by Gasteiger charge is 2.82. The van der Waals surface area contributed by atoms with E-state index in [0.29, 0.717) is 25.7 Å². The van der Waals surface area contributed by atoms with E-state index < -0.39 is 47.2 Å². The molecule has 3 aliphatic carbocycles. The van der Waals surface area contributed by atoms with E-state index in [-0.39, 0.29) is 24.2 Å². The lowest BCUT2D eigenvalue weighted by atomic mass is 9.51. The second kappa shape index (κ2) is 7.38. The van der Waals surface area contributed by atoms with Crippen LogP contribution < -0.4 is 0 Å². The van der Waals surface area contributed by atoms with Gasteiger partial charge in [-0.05, 0) is 80.6 Å². The van der Waals surface area contributed by atoms with Crippen molar-refractivity contribution in [1.29, 1.82) is 0 Å². The van der Waals surface area contributed by atoms with Gasteiger partial charge < -0.3 is 19.8 Å². The standard InChI is InChI=1S/C30H36F2N2O3/c1-26-10-11-27(31)17-29(32)25(36)24(35)22(34(2)3)15-28(29)12-13-30(27,37-28)23(26)8-7-21(26)19-6-4-5-18-9-14-33-16-20(18)19/h4-7,9,14,16,22-25,35-36H,8,10-13,15,17H2,1-3H3/t22-,23?,24+,25-,26+,27?,28+,29?,30-/m0/s1. The van der Waals surface area contributed by atoms with Crippen molar-refractivity contribution in [1.82, 2.24) is 9.88 Å². The van der Waals surface area contributed by atoms with Gasteiger partial charge in [-0.3, -0.25) is 4.98 Å². The Morgan fingerprint density at radius 1 is 1.08 bits per heavy atom. The van der Waals surface area contributed by atoms with Crippen molar-refractivity contribution in [2.24, 2.45) is 11.3 Å². The molecule has 2 aliphatic heterocycles. The smallest absolute Gasteiger partial charge is 0.171 e. The lowest BCUT2D eigenvalue weighted by Gasteiger charge is -2.65. The van der Waals surface area contributed by atoms with Gasteiger partial charge >= 0.3 is 0 Å². The number of rotatable bonds is 2. The highest BCUT2D eigenvalue weighted by atomic mass is 19.2. The van der Waals surface area contributed by atoms with Gasteiger partial charge in [0.2, 0.25) is 0 Å². The molecular weight excluding hydrogens is 474 g/mol. The number of fused-ring (bicyclic) bond motifs is 2. The zero-order valence-corrected chi connectivity index (χ0v) is 21.8. The first kappa shape index (κ1) is 24.1. The molecule has 5 aliphatic rings. The van der Waals surface area contributed by atoms with Crippen LogP contribution in [0.2, 0.25) is 0 Å². The molecule has 7 rings (SSSR count). The van der Waals surface area contributed by atoms with Crippen LogP contribution in [-0.2, 0) is 4.74 Å². The van der Waals surface area contributed by atoms with E-state index in [0.717, 1.165) is 16.3 Å². The van der Waals surface area contributed by atoms with E-state index >= 15 is 8.78 Å². The van der Waals surface area contributed by atoms with Crippen molar-refractivity contribution in [3.05, 3.63) is 48.3 Å². The molecule has 2 saturated heterocycles. The molecule has 0 radical (unpaired) electrons. The Hall–Kier alpha value is -1.93. The quantitative estimate of drug-likeness (QED) is 0.618. The van der Waals surface area contributed by atoms with E-state index in [2.05, 4.69) is 36.2 Å². The van der Waals surface area contributed by atoms with Crippen LogP contribution >= 0.6 is 0 Å². The summed E-state index contributed by atoms with van der Waals surface area (Å²) >= 11 is 0. The van der Waals surface area contributed by atoms with Crippen molar-refractivity contribution in [3.63, 3.8) is 0 Å². The van der Waals surface area contributed by atoms with Crippen molar-refractivity contribution < 1.29 is 23.7 Å². The van der Waals surface area contributed by atoms with Crippen LogP contribution in [0, 0.1) is 11.3 Å². The maximum Gasteiger partial charge on any atom is 0.171 e. The average molecular weight is 511 g/mol. The zero-order valence-electron chi connectivity index (χ0n) is 21.8. The number of aliphatic hydroxyl groups excluding tert-OH is 2. The fourth-order valence-electron chi connectivity index (χ4n) is 9.29. The lowest BCUT2D eigenvalue weighted by Crippen LogP contribution is -2.78. The van der Waals surface area contributed by atoms with Gasteiger partial charge in [-0.2, -0.15) is 0 Å². The summed E-state index contributed by atoms with van der Waals surface area (Å²) in [4.78, 5) is 6.19. The summed E-state index contributed by atoms with van der Waals surface area (Å²) in [6.07, 6.45) is 4.98. The Morgan fingerprint density at radius 3 is 2.68 bits per heavy atom. The van der Waals surface area contributed by atoms with Crippen molar-refractivity contribution in [3.8, 4) is 0 Å². The molecule has 3 unspecified atom stereocenters. The molecule has 198 valence electrons. The first-order valence-electron chi connectivity index (χ1n) is 13.6. The van der Waals surface area contributed by atoms with E-state index in [1.54, 1.807) is 6.20 Å². The number of ether oxygens (including phenoxy) is 1. The number of aliphatic hydroxyl groups is 2. The largest absolute Gasteiger partial charge is 0.389 e. The minimum atomic E-state index is -2.32. The normalized spacial score (nSPS) is 48.5. The molecule has 0 amide bonds. The molecule has 4 fully saturated rings. The second-order valence-electron chi connectivity index (χ2n) is 12.9. The van der Waals surface area contributed by atoms with Gasteiger partial charge in [0.05, 0.1) is 6.10 Å². The van der Waals surface area contributed by atoms with Crippen LogP contribution in [-0.4, -0.2) is 75.0 Å². The third-order valence-corrected chi connectivity index (χ3v) is 11.2. The first-order valence-corrected chi connectivity index (χ1v) is 13.6. The molecule has 5 nitrogen and oxygen atoms in total. The molecule has 3 heterocycles. The number of halogens is 2. The van der Waals surface area contributed by atoms with Gasteiger partial charge in [0.1, 0.15) is 23.0 Å². The molecule has 1 aromatic carbocycles. The SMILES string of the molecule is CN(C)[C@H]1C[C@@]23CC[C@]4(O2)C2CC=C(c5cccc6ccncc56)[C@@]2(C)CCC4(F)CC3(F)[C@@H](O)[C@@H]1O. The second-order valence-corrected chi connectivity index (χ2v) is 12.9. The summed E-state index contributed by atoms with van der Waals surface area (Å²) in [6, 6.07) is 7.82. The number of aromatic nitrogens is 1. The van der Waals surface area contributed by atoms with Crippen LogP contribution in [0.15, 0.2) is 42.7 Å². The van der Waals surface area contributed by atoms with Gasteiger partial charge in [0.25, 0.3) is 0 Å². The van der Waals surface area contributed by atoms with Crippen molar-refractivity contribution >= 4 is 16.3 Å². The fourth-order valence-corrected chi connectivity index (χ4v) is 9.29. The molecule has 2 bridgehead atoms. The molecule has 7 heteroatoms. The molecule has 2 spiro atoms. The number of hydrogen-bond donors (Lipinski definition) is 2. The summed E-state index contributed by atoms with van der Waals surface area (Å²) in [5, 5.41) is 24.1. The highest BCUT2D eigenvalue weighted by Crippen LogP contribution is 2.74. The fraction of sp³-hybridized carbons (Fsp3) is 0.633. The van der Waals surface area contributed by atoms with E-state index in [9.17, 15) is 10.2 Å². The molecule has 2 N–H and O–H groups in total. The third kappa shape index (κ3) is 2.74. The first-order chi connectivity index (χ1) is 17.5. The summed E-state index contributed by atoms with van der Waals surface area (Å²) in [5.41, 5.74) is -4.63. The van der Waals surface area contributed by atoms with Crippen LogP contribution in [0.4, 0.5) is 8.78 Å². The van der Waals surface area contributed by atoms with Gasteiger partial charge in [-0.25, -0.2) is 8.78 Å². The number of benzene rings is 1. The molecule has 2 aromatic rings. The van der Waals surface area contributed by atoms with Gasteiger partial charge in [-0.1, -0.05) is 31.2 Å². The predicted octanol–water partition coefficient (Wildman–Crippen LogP) is 4.60. The number of likely N-dealkylation sites (N-methyl/N-ethyl adjacent to an activating group) is 1. The van der Waals surface area contributed by atoms with Crippen LogP contribution in [0.3, 0.4) is 0 Å². The van der Waals surface area contributed by atoms with Crippen molar-refractivity contribution in [2.75, 3.05) is 14.1 Å². The average Bonchev–Trinajstić information content (AvgIpc) is 3.42. The number of pyridine rings is 1. The van der Waals surface area contributed by atoms with Gasteiger partial charge in [0, 0.05) is 36.2 Å². The van der Waals surface area contributed by atoms with Gasteiger partial charge in [-0.15, -0.1) is 0 Å². The summed E-state index contributed by atoms with van der Waals surface area (Å²) < 4.78 is 41.0. The third-order valence-electron chi connectivity index (χ3n) is 11.2. The van der Waals surface area contributed by atoms with Crippen molar-refractivity contribution in [2.45, 2.75) is 92.7 Å². The summed E-state index contributed by atoms with van der Waals surface area (Å²) in [5.74, 6) is -0.133. The Balaban J connectivity index is 1.32. The molecule has 9 atom stereocenters. The number of hydrogen-bond acceptors (Lipinski definition) is 5. The maximum atomic E-state index is 17.3. The van der Waals surface area contributed by atoms with E-state index in [1.807, 2.05) is 31.3 Å². The lowest BCUT2D eigenvalue weighted by molar-refractivity contribution is -0.347. The minimum Gasteiger partial charge on any atom is -0.389 e. The Kier molecular flexibility index (Phi) is 4.81. The molecular formula is C30H36F2N2O3. The zero-order chi connectivity index (χ0) is 26.0. The molecule has 2 saturated carbocycles. The predicted molar refractivity (Wildman–Crippen MR) is 137 cm³/mol. The minimum absolute atomic E-state index is 0.133. The van der Waals surface area contributed by atoms with Crippen LogP contribution in [0.5, 0.6) is 0 Å². The number of alkyl halides is 2. The number of allylic oxidation sites excluding steroid dienone is 2. The Labute approximate surface area is 216 Å². The topological polar surface area (TPSA) is 65.8 Å². The van der Waals surface area contributed by atoms with E-state index in [4.69, 9.17) is 4.74 Å². The summed E-state index contributed by atoms with van der Waals surface area (Å²) in [7, 11) is 3.64. The number of nitrogens with zero attached hydrogens (tertiary/aromatic N) is 2. The Morgan fingerprint density at radius 2 is 1.89 bits per heavy atom. The molecule has 37 heavy (non-hydrogen) atoms. The summed E-state index contributed by atoms with van der Waals surface area (Å²) in [6.45, 7) is 2.23. The van der Waals surface area contributed by atoms with Crippen LogP contribution in [0.25, 0.3) is 16.3 Å². The van der Waals surface area contributed by atoms with E-state index in [1.165, 1.54) is 5.57 Å². The Bertz CT molecular complexity index is 1310.